The van der Waals surface area contributed by atoms with Crippen LogP contribution in [0.3, 0.4) is 0 Å². The number of thioether (sulfide) groups is 1. The van der Waals surface area contributed by atoms with Crippen LogP contribution in [0, 0.1) is 0 Å². The third kappa shape index (κ3) is 8.60. The summed E-state index contributed by atoms with van der Waals surface area (Å²) in [7, 11) is 0. The predicted octanol–water partition coefficient (Wildman–Crippen LogP) is 6.36. The fourth-order valence-electron chi connectivity index (χ4n) is 4.88. The van der Waals surface area contributed by atoms with Crippen LogP contribution in [0.2, 0.25) is 0 Å². The van der Waals surface area contributed by atoms with E-state index in [1.54, 1.807) is 91.0 Å². The minimum atomic E-state index is -1.22. The summed E-state index contributed by atoms with van der Waals surface area (Å²) in [6.07, 6.45) is -4.37. The molecule has 1 aliphatic heterocycles. The Balaban J connectivity index is 1.50. The topological polar surface area (TPSA) is 97.4 Å². The van der Waals surface area contributed by atoms with Crippen LogP contribution in [0.5, 0.6) is 0 Å². The second-order valence-electron chi connectivity index (χ2n) is 10.2. The molecule has 5 atom stereocenters. The van der Waals surface area contributed by atoms with Gasteiger partial charge in [0.15, 0.2) is 18.3 Å². The minimum absolute atomic E-state index is 0.0150. The zero-order chi connectivity index (χ0) is 31.4. The zero-order valence-electron chi connectivity index (χ0n) is 24.7. The summed E-state index contributed by atoms with van der Waals surface area (Å²) in [5, 5.41) is 0. The van der Waals surface area contributed by atoms with Crippen LogP contribution < -0.4 is 0 Å². The van der Waals surface area contributed by atoms with E-state index in [4.69, 9.17) is 23.7 Å². The quantitative estimate of drug-likeness (QED) is 0.131. The molecule has 45 heavy (non-hydrogen) atoms. The molecule has 5 rings (SSSR count). The number of esters is 3. The van der Waals surface area contributed by atoms with Crippen LogP contribution in [0.15, 0.2) is 121 Å². The molecule has 0 N–H and O–H groups in total. The summed E-state index contributed by atoms with van der Waals surface area (Å²) < 4.78 is 30.7. The number of carbonyl (C=O) groups excluding carboxylic acids is 3. The molecule has 0 aromatic heterocycles. The Bertz CT molecular complexity index is 1520. The Labute approximate surface area is 266 Å². The van der Waals surface area contributed by atoms with E-state index < -0.39 is 47.8 Å². The monoisotopic (exact) mass is 626 g/mol. The van der Waals surface area contributed by atoms with Crippen molar-refractivity contribution in [3.8, 4) is 0 Å². The Kier molecular flexibility index (Phi) is 11.4. The highest BCUT2D eigenvalue weighted by Crippen LogP contribution is 2.35. The van der Waals surface area contributed by atoms with E-state index in [-0.39, 0.29) is 13.2 Å². The number of rotatable bonds is 12. The molecule has 0 radical (unpaired) electrons. The first-order valence-corrected chi connectivity index (χ1v) is 15.7. The van der Waals surface area contributed by atoms with Gasteiger partial charge in [-0.2, -0.15) is 0 Å². The summed E-state index contributed by atoms with van der Waals surface area (Å²) >= 11 is 1.39. The maximum absolute atomic E-state index is 13.5. The van der Waals surface area contributed by atoms with Crippen molar-refractivity contribution in [2.45, 2.75) is 43.4 Å². The summed E-state index contributed by atoms with van der Waals surface area (Å²) in [5.41, 5.74) is 1.11. The molecule has 1 heterocycles. The fourth-order valence-corrected chi connectivity index (χ4v) is 5.83. The molecule has 1 aliphatic rings. The summed E-state index contributed by atoms with van der Waals surface area (Å²) in [5.74, 6) is -1.32. The van der Waals surface area contributed by atoms with E-state index in [1.807, 2.05) is 37.3 Å². The van der Waals surface area contributed by atoms with Gasteiger partial charge in [0.2, 0.25) is 0 Å². The third-order valence-electron chi connectivity index (χ3n) is 7.07. The van der Waals surface area contributed by atoms with Gasteiger partial charge in [0.25, 0.3) is 0 Å². The van der Waals surface area contributed by atoms with Crippen molar-refractivity contribution in [1.82, 2.24) is 0 Å². The Morgan fingerprint density at radius 3 is 1.49 bits per heavy atom. The van der Waals surface area contributed by atoms with Crippen LogP contribution in [0.1, 0.15) is 43.6 Å². The molecule has 232 valence electrons. The Hall–Kier alpha value is -4.44. The fraction of sp³-hybridized carbons (Fsp3) is 0.250. The number of hydrogen-bond acceptors (Lipinski definition) is 9. The van der Waals surface area contributed by atoms with E-state index in [2.05, 4.69) is 0 Å². The Morgan fingerprint density at radius 2 is 1.02 bits per heavy atom. The number of ether oxygens (including phenoxy) is 5. The lowest BCUT2D eigenvalue weighted by Crippen LogP contribution is -2.61. The number of hydrogen-bond donors (Lipinski definition) is 0. The highest BCUT2D eigenvalue weighted by molar-refractivity contribution is 7.99. The normalized spacial score (nSPS) is 21.0. The molecule has 0 unspecified atom stereocenters. The van der Waals surface area contributed by atoms with Crippen molar-refractivity contribution >= 4 is 29.7 Å². The molecular formula is C36H34O8S. The van der Waals surface area contributed by atoms with E-state index in [9.17, 15) is 14.4 Å². The smallest absolute Gasteiger partial charge is 0.338 e. The molecule has 4 aromatic carbocycles. The van der Waals surface area contributed by atoms with Crippen molar-refractivity contribution in [1.29, 1.82) is 0 Å². The molecule has 0 bridgehead atoms. The maximum Gasteiger partial charge on any atom is 0.338 e. The van der Waals surface area contributed by atoms with Gasteiger partial charge in [-0.05, 0) is 47.7 Å². The first-order valence-electron chi connectivity index (χ1n) is 14.7. The molecule has 0 spiro atoms. The molecule has 4 aromatic rings. The van der Waals surface area contributed by atoms with Gasteiger partial charge in [-0.15, -0.1) is 11.8 Å². The van der Waals surface area contributed by atoms with E-state index in [0.29, 0.717) is 22.4 Å². The second-order valence-corrected chi connectivity index (χ2v) is 11.6. The molecule has 1 saturated heterocycles. The first kappa shape index (κ1) is 32.0. The summed E-state index contributed by atoms with van der Waals surface area (Å²) in [6, 6.07) is 35.1. The largest absolute Gasteiger partial charge is 0.452 e. The highest BCUT2D eigenvalue weighted by atomic mass is 32.2. The van der Waals surface area contributed by atoms with Crippen molar-refractivity contribution in [2.24, 2.45) is 0 Å². The van der Waals surface area contributed by atoms with Crippen LogP contribution in [0.25, 0.3) is 0 Å². The molecule has 1 fully saturated rings. The maximum atomic E-state index is 13.5. The van der Waals surface area contributed by atoms with E-state index in [0.717, 1.165) is 5.56 Å². The minimum Gasteiger partial charge on any atom is -0.452 e. The van der Waals surface area contributed by atoms with Gasteiger partial charge in [-0.3, -0.25) is 0 Å². The van der Waals surface area contributed by atoms with Crippen molar-refractivity contribution in [2.75, 3.05) is 12.4 Å². The number of benzene rings is 4. The lowest BCUT2D eigenvalue weighted by molar-refractivity contribution is -0.211. The molecule has 0 aliphatic carbocycles. The second kappa shape index (κ2) is 16.0. The van der Waals surface area contributed by atoms with Gasteiger partial charge in [-0.1, -0.05) is 91.9 Å². The van der Waals surface area contributed by atoms with Crippen molar-refractivity contribution < 1.29 is 38.1 Å². The molecular weight excluding hydrogens is 592 g/mol. The lowest BCUT2D eigenvalue weighted by Gasteiger charge is -2.44. The average molecular weight is 627 g/mol. The molecule has 9 heteroatoms. The molecule has 8 nitrogen and oxygen atoms in total. The van der Waals surface area contributed by atoms with Crippen LogP contribution in [-0.4, -0.2) is 60.1 Å². The van der Waals surface area contributed by atoms with Crippen LogP contribution >= 0.6 is 11.8 Å². The molecule has 0 amide bonds. The predicted molar refractivity (Wildman–Crippen MR) is 170 cm³/mol. The van der Waals surface area contributed by atoms with Gasteiger partial charge in [0.1, 0.15) is 11.5 Å². The van der Waals surface area contributed by atoms with Gasteiger partial charge in [-0.25, -0.2) is 14.4 Å². The van der Waals surface area contributed by atoms with Gasteiger partial charge >= 0.3 is 17.9 Å². The van der Waals surface area contributed by atoms with Crippen LogP contribution in [0.4, 0.5) is 0 Å². The van der Waals surface area contributed by atoms with Gasteiger partial charge < -0.3 is 23.7 Å². The van der Waals surface area contributed by atoms with Crippen molar-refractivity contribution in [3.05, 3.63) is 144 Å². The highest BCUT2D eigenvalue weighted by Gasteiger charge is 2.52. The van der Waals surface area contributed by atoms with Gasteiger partial charge in [0, 0.05) is 0 Å². The standard InChI is InChI=1S/C36H34O8S/c1-2-45-36-32(44-35(39)28-21-13-6-14-22-28)31(43-34(38)27-19-11-5-12-20-27)30(42-33(37)26-17-9-4-10-18-26)29(41-36)24-40-23-25-15-7-3-8-16-25/h3-22,29-32,36H,2,23-24H2,1H3/t29-,30+,31+,32-,36+/m1/s1. The van der Waals surface area contributed by atoms with E-state index >= 15 is 0 Å². The average Bonchev–Trinajstić information content (AvgIpc) is 3.09. The SMILES string of the molecule is CCS[C@@H]1O[C@H](COCc2ccccc2)[C@H](OC(=O)c2ccccc2)[C@H](OC(=O)c2ccccc2)[C@H]1OC(=O)c1ccccc1. The Morgan fingerprint density at radius 1 is 0.600 bits per heavy atom. The molecule has 0 saturated carbocycles. The van der Waals surface area contributed by atoms with Crippen molar-refractivity contribution in [3.63, 3.8) is 0 Å². The van der Waals surface area contributed by atoms with Crippen LogP contribution in [-0.2, 0) is 30.3 Å². The summed E-state index contributed by atoms with van der Waals surface area (Å²) in [6.45, 7) is 2.24. The third-order valence-corrected chi connectivity index (χ3v) is 8.11. The van der Waals surface area contributed by atoms with E-state index in [1.165, 1.54) is 11.8 Å². The lowest BCUT2D eigenvalue weighted by atomic mass is 9.98. The first-order chi connectivity index (χ1) is 22.0. The summed E-state index contributed by atoms with van der Waals surface area (Å²) in [4.78, 5) is 40.3. The number of carbonyl (C=O) groups is 3. The van der Waals surface area contributed by atoms with Gasteiger partial charge in [0.05, 0.1) is 29.9 Å². The zero-order valence-corrected chi connectivity index (χ0v) is 25.5.